The third-order valence-electron chi connectivity index (χ3n) is 3.86. The third-order valence-corrected chi connectivity index (χ3v) is 5.40. The van der Waals surface area contributed by atoms with Gasteiger partial charge in [0.1, 0.15) is 11.2 Å². The number of hydrogen-bond acceptors (Lipinski definition) is 4. The van der Waals surface area contributed by atoms with Crippen LogP contribution in [-0.4, -0.2) is 13.0 Å². The standard InChI is InChI=1S/C13H7IO2.C7H8O3S/c14-8-5-6-12-10(7-8)13(15)9-3-1-2-4-11(9)16-12;1-6-2-4-7(5-3-6)11(8,9)10/h1-7H;2-5H,1H3,(H,8,9,10). The Kier molecular flexibility index (Phi) is 5.64. The summed E-state index contributed by atoms with van der Waals surface area (Å²) < 4.78 is 36.3. The first-order valence-corrected chi connectivity index (χ1v) is 10.4. The van der Waals surface area contributed by atoms with Gasteiger partial charge in [-0.3, -0.25) is 9.35 Å². The summed E-state index contributed by atoms with van der Waals surface area (Å²) in [6, 6.07) is 18.9. The van der Waals surface area contributed by atoms with Crippen molar-refractivity contribution in [2.75, 3.05) is 0 Å². The molecule has 3 aromatic carbocycles. The fourth-order valence-electron chi connectivity index (χ4n) is 2.49. The van der Waals surface area contributed by atoms with Crippen molar-refractivity contribution in [3.05, 3.63) is 86.1 Å². The molecular formula is C20H15IO5S. The minimum atomic E-state index is -4.02. The Balaban J connectivity index is 0.000000168. The van der Waals surface area contributed by atoms with Gasteiger partial charge in [0.2, 0.25) is 5.43 Å². The van der Waals surface area contributed by atoms with Crippen molar-refractivity contribution in [1.29, 1.82) is 0 Å². The number of aryl methyl sites for hydroxylation is 1. The zero-order chi connectivity index (χ0) is 19.6. The quantitative estimate of drug-likeness (QED) is 0.234. The fraction of sp³-hybridized carbons (Fsp3) is 0.0500. The molecule has 0 unspecified atom stereocenters. The Morgan fingerprint density at radius 3 is 2.19 bits per heavy atom. The minimum Gasteiger partial charge on any atom is -0.456 e. The molecule has 0 aliphatic rings. The van der Waals surface area contributed by atoms with E-state index in [-0.39, 0.29) is 10.3 Å². The molecule has 0 fully saturated rings. The van der Waals surface area contributed by atoms with E-state index >= 15 is 0 Å². The predicted molar refractivity (Wildman–Crippen MR) is 114 cm³/mol. The van der Waals surface area contributed by atoms with Gasteiger partial charge in [0, 0.05) is 3.57 Å². The van der Waals surface area contributed by atoms with Gasteiger partial charge in [0.05, 0.1) is 15.7 Å². The summed E-state index contributed by atoms with van der Waals surface area (Å²) in [5.41, 5.74) is 2.28. The van der Waals surface area contributed by atoms with E-state index in [1.165, 1.54) is 12.1 Å². The zero-order valence-electron chi connectivity index (χ0n) is 14.2. The number of benzene rings is 3. The van der Waals surface area contributed by atoms with Crippen LogP contribution in [0.5, 0.6) is 0 Å². The highest BCUT2D eigenvalue weighted by Crippen LogP contribution is 2.19. The molecule has 4 aromatic rings. The van der Waals surface area contributed by atoms with Gasteiger partial charge < -0.3 is 4.42 Å². The van der Waals surface area contributed by atoms with Crippen LogP contribution in [0.15, 0.2) is 80.8 Å². The summed E-state index contributed by atoms with van der Waals surface area (Å²) in [5, 5.41) is 1.28. The van der Waals surface area contributed by atoms with E-state index in [1.54, 1.807) is 18.2 Å². The molecule has 1 heterocycles. The summed E-state index contributed by atoms with van der Waals surface area (Å²) >= 11 is 2.19. The highest BCUT2D eigenvalue weighted by molar-refractivity contribution is 14.1. The molecule has 0 spiro atoms. The third kappa shape index (κ3) is 4.55. The number of rotatable bonds is 1. The van der Waals surface area contributed by atoms with Crippen LogP contribution in [0.3, 0.4) is 0 Å². The lowest BCUT2D eigenvalue weighted by Gasteiger charge is -2.00. The number of fused-ring (bicyclic) bond motifs is 2. The van der Waals surface area contributed by atoms with Crippen molar-refractivity contribution in [3.8, 4) is 0 Å². The van der Waals surface area contributed by atoms with Crippen molar-refractivity contribution in [2.24, 2.45) is 0 Å². The summed E-state index contributed by atoms with van der Waals surface area (Å²) in [7, 11) is -4.02. The van der Waals surface area contributed by atoms with Crippen molar-refractivity contribution in [2.45, 2.75) is 11.8 Å². The van der Waals surface area contributed by atoms with E-state index < -0.39 is 10.1 Å². The fourth-order valence-corrected chi connectivity index (χ4v) is 3.46. The minimum absolute atomic E-state index is 0.0374. The molecular weight excluding hydrogens is 479 g/mol. The molecule has 0 saturated carbocycles. The van der Waals surface area contributed by atoms with E-state index in [0.29, 0.717) is 21.9 Å². The predicted octanol–water partition coefficient (Wildman–Crippen LogP) is 4.79. The summed E-state index contributed by atoms with van der Waals surface area (Å²) in [6.07, 6.45) is 0. The molecule has 0 aliphatic carbocycles. The Morgan fingerprint density at radius 1 is 0.889 bits per heavy atom. The smallest absolute Gasteiger partial charge is 0.294 e. The van der Waals surface area contributed by atoms with Crippen molar-refractivity contribution in [3.63, 3.8) is 0 Å². The van der Waals surface area contributed by atoms with Crippen LogP contribution in [0, 0.1) is 10.5 Å². The SMILES string of the molecule is Cc1ccc(S(=O)(=O)O)cc1.O=c1c2ccccc2oc2ccc(I)cc12. The van der Waals surface area contributed by atoms with E-state index in [2.05, 4.69) is 22.6 Å². The largest absolute Gasteiger partial charge is 0.456 e. The molecule has 0 atom stereocenters. The van der Waals surface area contributed by atoms with E-state index in [9.17, 15) is 13.2 Å². The molecule has 0 amide bonds. The normalized spacial score (nSPS) is 11.2. The Morgan fingerprint density at radius 2 is 1.52 bits per heavy atom. The lowest BCUT2D eigenvalue weighted by molar-refractivity contribution is 0.483. The first kappa shape index (κ1) is 19.5. The van der Waals surface area contributed by atoms with Crippen LogP contribution in [0.4, 0.5) is 0 Å². The average molecular weight is 494 g/mol. The highest BCUT2D eigenvalue weighted by Gasteiger charge is 2.07. The average Bonchev–Trinajstić information content (AvgIpc) is 2.63. The second-order valence-electron chi connectivity index (χ2n) is 5.86. The molecule has 7 heteroatoms. The van der Waals surface area contributed by atoms with Crippen LogP contribution in [0.25, 0.3) is 21.9 Å². The molecule has 0 aliphatic heterocycles. The molecule has 0 bridgehead atoms. The Labute approximate surface area is 169 Å². The summed E-state index contributed by atoms with van der Waals surface area (Å²) in [4.78, 5) is 12.1. The maximum Gasteiger partial charge on any atom is 0.294 e. The first-order valence-electron chi connectivity index (χ1n) is 7.91. The molecule has 138 valence electrons. The van der Waals surface area contributed by atoms with Gasteiger partial charge in [0.15, 0.2) is 0 Å². The van der Waals surface area contributed by atoms with Crippen LogP contribution in [0.1, 0.15) is 5.56 Å². The van der Waals surface area contributed by atoms with Crippen molar-refractivity contribution in [1.82, 2.24) is 0 Å². The monoisotopic (exact) mass is 494 g/mol. The lowest BCUT2D eigenvalue weighted by Crippen LogP contribution is -2.01. The lowest BCUT2D eigenvalue weighted by atomic mass is 10.1. The maximum atomic E-state index is 12.2. The highest BCUT2D eigenvalue weighted by atomic mass is 127. The Bertz CT molecular complexity index is 1280. The zero-order valence-corrected chi connectivity index (χ0v) is 17.2. The Hall–Kier alpha value is -2.23. The maximum absolute atomic E-state index is 12.2. The molecule has 1 aromatic heterocycles. The van der Waals surface area contributed by atoms with Crippen molar-refractivity contribution >= 4 is 54.6 Å². The van der Waals surface area contributed by atoms with Crippen LogP contribution >= 0.6 is 22.6 Å². The second-order valence-corrected chi connectivity index (χ2v) is 8.52. The topological polar surface area (TPSA) is 84.6 Å². The van der Waals surface area contributed by atoms with Crippen LogP contribution in [-0.2, 0) is 10.1 Å². The van der Waals surface area contributed by atoms with E-state index in [4.69, 9.17) is 8.97 Å². The van der Waals surface area contributed by atoms with Crippen LogP contribution in [0.2, 0.25) is 0 Å². The molecule has 4 rings (SSSR count). The molecule has 5 nitrogen and oxygen atoms in total. The first-order chi connectivity index (χ1) is 12.8. The molecule has 0 radical (unpaired) electrons. The van der Waals surface area contributed by atoms with Gasteiger partial charge in [-0.1, -0.05) is 29.8 Å². The van der Waals surface area contributed by atoms with Gasteiger partial charge in [-0.2, -0.15) is 8.42 Å². The second kappa shape index (κ2) is 7.79. The van der Waals surface area contributed by atoms with Crippen molar-refractivity contribution < 1.29 is 17.4 Å². The summed E-state index contributed by atoms with van der Waals surface area (Å²) in [5.74, 6) is 0. The molecule has 1 N–H and O–H groups in total. The molecule has 27 heavy (non-hydrogen) atoms. The summed E-state index contributed by atoms with van der Waals surface area (Å²) in [6.45, 7) is 1.84. The van der Waals surface area contributed by atoms with Gasteiger partial charge in [-0.15, -0.1) is 0 Å². The number of halogens is 1. The number of para-hydroxylation sites is 1. The van der Waals surface area contributed by atoms with Gasteiger partial charge in [-0.05, 0) is 72.0 Å². The van der Waals surface area contributed by atoms with Crippen LogP contribution < -0.4 is 5.43 Å². The molecule has 0 saturated heterocycles. The van der Waals surface area contributed by atoms with Gasteiger partial charge in [-0.25, -0.2) is 0 Å². The van der Waals surface area contributed by atoms with E-state index in [0.717, 1.165) is 9.13 Å². The van der Waals surface area contributed by atoms with E-state index in [1.807, 2.05) is 43.3 Å². The number of hydrogen-bond donors (Lipinski definition) is 1. The van der Waals surface area contributed by atoms with Gasteiger partial charge in [0.25, 0.3) is 10.1 Å². The van der Waals surface area contributed by atoms with Gasteiger partial charge >= 0.3 is 0 Å².